The van der Waals surface area contributed by atoms with Crippen molar-refractivity contribution < 1.29 is 22.3 Å². The highest BCUT2D eigenvalue weighted by atomic mass is 79.9. The second-order valence-corrected chi connectivity index (χ2v) is 7.71. The first kappa shape index (κ1) is 17.6. The molecule has 0 aromatic heterocycles. The summed E-state index contributed by atoms with van der Waals surface area (Å²) in [4.78, 5) is 12.1. The summed E-state index contributed by atoms with van der Waals surface area (Å²) in [5.41, 5.74) is 0.192. The van der Waals surface area contributed by atoms with Crippen molar-refractivity contribution in [2.45, 2.75) is 11.3 Å². The molecule has 2 aromatic carbocycles. The Balaban J connectivity index is 1.87. The Hall–Kier alpha value is -1.73. The molecule has 0 N–H and O–H groups in total. The summed E-state index contributed by atoms with van der Waals surface area (Å²) in [6.45, 7) is -0.0330. The molecule has 0 heterocycles. The Bertz CT molecular complexity index is 791. The van der Waals surface area contributed by atoms with Crippen molar-refractivity contribution in [3.63, 3.8) is 0 Å². The number of esters is 1. The Morgan fingerprint density at radius 1 is 1.13 bits per heavy atom. The number of carbonyl (C=O) groups excluding carboxylic acids is 1. The van der Waals surface area contributed by atoms with Crippen LogP contribution in [0.2, 0.25) is 0 Å². The number of ether oxygens (including phenoxy) is 1. The van der Waals surface area contributed by atoms with E-state index in [-0.39, 0.29) is 29.2 Å². The van der Waals surface area contributed by atoms with Crippen LogP contribution in [0.15, 0.2) is 57.9 Å². The molecule has 0 bridgehead atoms. The highest BCUT2D eigenvalue weighted by Gasteiger charge is 2.15. The lowest BCUT2D eigenvalue weighted by molar-refractivity contribution is 0.0504. The van der Waals surface area contributed by atoms with Gasteiger partial charge in [0.2, 0.25) is 0 Å². The fraction of sp³-hybridized carbons (Fsp3) is 0.188. The monoisotopic (exact) mass is 400 g/mol. The molecule has 0 spiro atoms. The van der Waals surface area contributed by atoms with Crippen molar-refractivity contribution in [1.29, 1.82) is 0 Å². The van der Waals surface area contributed by atoms with E-state index in [1.165, 1.54) is 18.2 Å². The third-order valence-corrected chi connectivity index (χ3v) is 5.52. The van der Waals surface area contributed by atoms with E-state index in [1.807, 2.05) is 0 Å². The molecule has 2 rings (SSSR count). The SMILES string of the molecule is O=C(OCCCS(=O)(=O)c1ccccc1)c1ccc(F)cc1Br. The third-order valence-electron chi connectivity index (χ3n) is 3.04. The van der Waals surface area contributed by atoms with E-state index in [9.17, 15) is 17.6 Å². The van der Waals surface area contributed by atoms with Gasteiger partial charge in [0.1, 0.15) is 5.82 Å². The van der Waals surface area contributed by atoms with Crippen LogP contribution >= 0.6 is 15.9 Å². The number of rotatable bonds is 6. The number of halogens is 2. The van der Waals surface area contributed by atoms with E-state index in [0.29, 0.717) is 4.47 Å². The maximum atomic E-state index is 13.0. The van der Waals surface area contributed by atoms with Crippen LogP contribution in [-0.4, -0.2) is 26.7 Å². The van der Waals surface area contributed by atoms with Crippen molar-refractivity contribution >= 4 is 31.7 Å². The summed E-state index contributed by atoms with van der Waals surface area (Å²) in [6.07, 6.45) is 0.182. The maximum absolute atomic E-state index is 13.0. The zero-order chi connectivity index (χ0) is 16.9. The molecule has 4 nitrogen and oxygen atoms in total. The van der Waals surface area contributed by atoms with Crippen LogP contribution in [-0.2, 0) is 14.6 Å². The van der Waals surface area contributed by atoms with Gasteiger partial charge in [-0.3, -0.25) is 0 Å². The normalized spacial score (nSPS) is 11.2. The minimum atomic E-state index is -3.39. The average Bonchev–Trinajstić information content (AvgIpc) is 2.52. The Labute approximate surface area is 142 Å². The Kier molecular flexibility index (Phi) is 5.90. The van der Waals surface area contributed by atoms with Gasteiger partial charge in [0.25, 0.3) is 0 Å². The van der Waals surface area contributed by atoms with Gasteiger partial charge < -0.3 is 4.74 Å². The fourth-order valence-electron chi connectivity index (χ4n) is 1.89. The van der Waals surface area contributed by atoms with Crippen molar-refractivity contribution in [2.75, 3.05) is 12.4 Å². The van der Waals surface area contributed by atoms with Gasteiger partial charge in [-0.1, -0.05) is 18.2 Å². The summed E-state index contributed by atoms with van der Waals surface area (Å²) in [6, 6.07) is 11.7. The largest absolute Gasteiger partial charge is 0.462 e. The minimum absolute atomic E-state index is 0.0330. The molecule has 0 fully saturated rings. The van der Waals surface area contributed by atoms with E-state index in [0.717, 1.165) is 12.1 Å². The second kappa shape index (κ2) is 7.70. The smallest absolute Gasteiger partial charge is 0.339 e. The first-order valence-electron chi connectivity index (χ1n) is 6.80. The van der Waals surface area contributed by atoms with Gasteiger partial charge in [-0.05, 0) is 52.7 Å². The fourth-order valence-corrected chi connectivity index (χ4v) is 3.71. The predicted molar refractivity (Wildman–Crippen MR) is 87.5 cm³/mol. The second-order valence-electron chi connectivity index (χ2n) is 4.75. The average molecular weight is 401 g/mol. The lowest BCUT2D eigenvalue weighted by Crippen LogP contribution is -2.12. The van der Waals surface area contributed by atoms with Gasteiger partial charge >= 0.3 is 5.97 Å². The molecule has 0 aliphatic rings. The molecule has 0 unspecified atom stereocenters. The van der Waals surface area contributed by atoms with E-state index >= 15 is 0 Å². The summed E-state index contributed by atoms with van der Waals surface area (Å²) < 4.78 is 42.4. The Morgan fingerprint density at radius 2 is 1.83 bits per heavy atom. The molecule has 0 atom stereocenters. The van der Waals surface area contributed by atoms with E-state index in [4.69, 9.17) is 4.74 Å². The van der Waals surface area contributed by atoms with Crippen LogP contribution in [0, 0.1) is 5.82 Å². The molecule has 23 heavy (non-hydrogen) atoms. The lowest BCUT2D eigenvalue weighted by Gasteiger charge is -2.07. The number of benzene rings is 2. The molecule has 0 amide bonds. The van der Waals surface area contributed by atoms with E-state index < -0.39 is 21.6 Å². The van der Waals surface area contributed by atoms with Crippen LogP contribution in [0.3, 0.4) is 0 Å². The molecule has 0 radical (unpaired) electrons. The molecule has 7 heteroatoms. The Morgan fingerprint density at radius 3 is 2.48 bits per heavy atom. The standard InChI is InChI=1S/C16H14BrFO4S/c17-15-11-12(18)7-8-14(15)16(19)22-9-4-10-23(20,21)13-5-2-1-3-6-13/h1-3,5-8,11H,4,9-10H2. The predicted octanol–water partition coefficient (Wildman–Crippen LogP) is 3.61. The van der Waals surface area contributed by atoms with Gasteiger partial charge in [-0.25, -0.2) is 17.6 Å². The van der Waals surface area contributed by atoms with Gasteiger partial charge in [0.15, 0.2) is 9.84 Å². The van der Waals surface area contributed by atoms with Crippen LogP contribution in [0.5, 0.6) is 0 Å². The van der Waals surface area contributed by atoms with Gasteiger partial charge in [0, 0.05) is 4.47 Å². The molecule has 122 valence electrons. The molecule has 0 saturated heterocycles. The maximum Gasteiger partial charge on any atom is 0.339 e. The van der Waals surface area contributed by atoms with Crippen molar-refractivity contribution in [1.82, 2.24) is 0 Å². The van der Waals surface area contributed by atoms with Crippen LogP contribution in [0.1, 0.15) is 16.8 Å². The molecular weight excluding hydrogens is 387 g/mol. The van der Waals surface area contributed by atoms with E-state index in [1.54, 1.807) is 18.2 Å². The van der Waals surface area contributed by atoms with Crippen molar-refractivity contribution in [3.05, 3.63) is 64.4 Å². The van der Waals surface area contributed by atoms with Crippen molar-refractivity contribution in [2.24, 2.45) is 0 Å². The summed E-state index contributed by atoms with van der Waals surface area (Å²) >= 11 is 3.08. The van der Waals surface area contributed by atoms with Crippen LogP contribution in [0.25, 0.3) is 0 Å². The van der Waals surface area contributed by atoms with Gasteiger partial charge in [-0.15, -0.1) is 0 Å². The van der Waals surface area contributed by atoms with Crippen LogP contribution in [0.4, 0.5) is 4.39 Å². The number of sulfone groups is 1. The highest BCUT2D eigenvalue weighted by molar-refractivity contribution is 9.10. The summed E-state index contributed by atoms with van der Waals surface area (Å²) in [7, 11) is -3.39. The molecule has 0 saturated carbocycles. The zero-order valence-electron chi connectivity index (χ0n) is 12.0. The topological polar surface area (TPSA) is 60.4 Å². The van der Waals surface area contributed by atoms with Crippen LogP contribution < -0.4 is 0 Å². The van der Waals surface area contributed by atoms with Gasteiger partial charge in [0.05, 0.1) is 22.8 Å². The number of carbonyl (C=O) groups is 1. The number of hydrogen-bond donors (Lipinski definition) is 0. The molecular formula is C16H14BrFO4S. The highest BCUT2D eigenvalue weighted by Crippen LogP contribution is 2.19. The number of hydrogen-bond acceptors (Lipinski definition) is 4. The first-order valence-corrected chi connectivity index (χ1v) is 9.25. The lowest BCUT2D eigenvalue weighted by atomic mass is 10.2. The van der Waals surface area contributed by atoms with Gasteiger partial charge in [-0.2, -0.15) is 0 Å². The van der Waals surface area contributed by atoms with Crippen molar-refractivity contribution in [3.8, 4) is 0 Å². The zero-order valence-corrected chi connectivity index (χ0v) is 14.4. The van der Waals surface area contributed by atoms with E-state index in [2.05, 4.69) is 15.9 Å². The first-order chi connectivity index (χ1) is 10.9. The third kappa shape index (κ3) is 4.87. The minimum Gasteiger partial charge on any atom is -0.462 e. The quantitative estimate of drug-likeness (QED) is 0.548. The molecule has 0 aliphatic carbocycles. The molecule has 0 aliphatic heterocycles. The summed E-state index contributed by atoms with van der Waals surface area (Å²) in [5, 5.41) is 0. The molecule has 2 aromatic rings. The summed E-state index contributed by atoms with van der Waals surface area (Å²) in [5.74, 6) is -1.22.